The first-order chi connectivity index (χ1) is 15.2. The van der Waals surface area contributed by atoms with Crippen LogP contribution in [0.4, 0.5) is 0 Å². The molecule has 8 heteroatoms. The molecule has 5 saturated carbocycles. The van der Waals surface area contributed by atoms with Gasteiger partial charge in [-0.05, 0) is 31.7 Å². The maximum atomic E-state index is 12.8. The Balaban J connectivity index is 1.67. The van der Waals surface area contributed by atoms with E-state index in [1.165, 1.54) is 0 Å². The van der Waals surface area contributed by atoms with Gasteiger partial charge in [-0.25, -0.2) is 0 Å². The van der Waals surface area contributed by atoms with Gasteiger partial charge in [-0.2, -0.15) is 0 Å². The quantitative estimate of drug-likeness (QED) is 0.446. The van der Waals surface area contributed by atoms with Crippen molar-refractivity contribution in [1.82, 2.24) is 4.90 Å². The Morgan fingerprint density at radius 1 is 1.09 bits per heavy atom. The van der Waals surface area contributed by atoms with Crippen LogP contribution in [0.5, 0.6) is 0 Å². The molecule has 0 aromatic carbocycles. The molecule has 0 radical (unpaired) electrons. The molecule has 182 valence electrons. The molecule has 6 aliphatic rings. The molecular formula is C24H39NO7. The first kappa shape index (κ1) is 22.2. The summed E-state index contributed by atoms with van der Waals surface area (Å²) in [5.41, 5.74) is -4.15. The van der Waals surface area contributed by atoms with E-state index < -0.39 is 46.9 Å². The maximum absolute atomic E-state index is 12.8. The molecule has 8 nitrogen and oxygen atoms in total. The van der Waals surface area contributed by atoms with Crippen LogP contribution < -0.4 is 0 Å². The number of aliphatic hydroxyl groups is 4. The monoisotopic (exact) mass is 453 g/mol. The highest BCUT2D eigenvalue weighted by Gasteiger charge is 2.91. The van der Waals surface area contributed by atoms with Crippen LogP contribution in [0, 0.1) is 34.5 Å². The van der Waals surface area contributed by atoms with E-state index in [1.807, 2.05) is 0 Å². The van der Waals surface area contributed by atoms with Crippen molar-refractivity contribution in [2.75, 3.05) is 41.0 Å². The number of fused-ring (bicyclic) bond motifs is 2. The van der Waals surface area contributed by atoms with Crippen LogP contribution in [-0.4, -0.2) is 108 Å². The second-order valence-corrected chi connectivity index (χ2v) is 11.7. The third kappa shape index (κ3) is 1.99. The van der Waals surface area contributed by atoms with Crippen molar-refractivity contribution in [3.05, 3.63) is 0 Å². The van der Waals surface area contributed by atoms with Gasteiger partial charge in [-0.15, -0.1) is 0 Å². The van der Waals surface area contributed by atoms with Crippen LogP contribution in [0.3, 0.4) is 0 Å². The second kappa shape index (κ2) is 6.66. The number of hydrogen-bond donors (Lipinski definition) is 4. The molecule has 13 atom stereocenters. The fourth-order valence-corrected chi connectivity index (χ4v) is 10.7. The zero-order valence-electron chi connectivity index (χ0n) is 19.6. The van der Waals surface area contributed by atoms with Crippen molar-refractivity contribution >= 4 is 0 Å². The van der Waals surface area contributed by atoms with Crippen LogP contribution in [0.1, 0.15) is 32.6 Å². The molecule has 1 heterocycles. The summed E-state index contributed by atoms with van der Waals surface area (Å²) in [7, 11) is 4.95. The molecule has 32 heavy (non-hydrogen) atoms. The predicted molar refractivity (Wildman–Crippen MR) is 114 cm³/mol. The van der Waals surface area contributed by atoms with Crippen molar-refractivity contribution in [2.45, 2.75) is 74.3 Å². The maximum Gasteiger partial charge on any atom is 0.136 e. The third-order valence-corrected chi connectivity index (χ3v) is 11.2. The summed E-state index contributed by atoms with van der Waals surface area (Å²) in [6, 6.07) is -0.442. The van der Waals surface area contributed by atoms with Crippen LogP contribution in [0.2, 0.25) is 0 Å². The smallest absolute Gasteiger partial charge is 0.136 e. The largest absolute Gasteiger partial charge is 0.392 e. The first-order valence-corrected chi connectivity index (χ1v) is 12.3. The highest BCUT2D eigenvalue weighted by Crippen LogP contribution is 2.80. The topological polar surface area (TPSA) is 112 Å². The Morgan fingerprint density at radius 2 is 1.84 bits per heavy atom. The van der Waals surface area contributed by atoms with Gasteiger partial charge in [0, 0.05) is 62.9 Å². The second-order valence-electron chi connectivity index (χ2n) is 11.7. The van der Waals surface area contributed by atoms with Gasteiger partial charge in [0.15, 0.2) is 0 Å². The van der Waals surface area contributed by atoms with Gasteiger partial charge in [0.05, 0.1) is 37.1 Å². The molecular weight excluding hydrogens is 414 g/mol. The van der Waals surface area contributed by atoms with Gasteiger partial charge in [-0.1, -0.05) is 6.92 Å². The number of likely N-dealkylation sites (N-methyl/N-ethyl adjacent to an activating group) is 1. The number of likely N-dealkylation sites (tertiary alicyclic amines) is 1. The molecule has 1 aliphatic heterocycles. The molecule has 7 bridgehead atoms. The van der Waals surface area contributed by atoms with Crippen molar-refractivity contribution in [3.63, 3.8) is 0 Å². The van der Waals surface area contributed by atoms with Gasteiger partial charge in [0.2, 0.25) is 0 Å². The molecule has 0 amide bonds. The first-order valence-electron chi connectivity index (χ1n) is 12.3. The zero-order valence-corrected chi connectivity index (χ0v) is 19.6. The van der Waals surface area contributed by atoms with Crippen molar-refractivity contribution < 1.29 is 34.6 Å². The Bertz CT molecular complexity index is 798. The minimum absolute atomic E-state index is 0.102. The Labute approximate surface area is 189 Å². The van der Waals surface area contributed by atoms with E-state index in [2.05, 4.69) is 11.8 Å². The standard InChI is InChI=1S/C24H39NO7/c1-5-25-10-21(11-30-2)7-6-15(26)23-13-8-12-14(31-3)9-22(28,16(13)17(12)27)24(29,20(23)25)19(32-4)18(21)23/h12-20,26-29H,5-11H2,1-4H3/t12?,13-,14+,15+,16-,17+,18-,19+,20+,21+,22-,23+,24-/m1/s1. The highest BCUT2D eigenvalue weighted by molar-refractivity contribution is 5.41. The Kier molecular flexibility index (Phi) is 4.62. The van der Waals surface area contributed by atoms with E-state index in [0.29, 0.717) is 26.0 Å². The lowest BCUT2D eigenvalue weighted by molar-refractivity contribution is -0.317. The number of aliphatic hydroxyl groups excluding tert-OH is 2. The molecule has 1 spiro atoms. The minimum Gasteiger partial charge on any atom is -0.392 e. The number of nitrogens with zero attached hydrogens (tertiary/aromatic N) is 1. The normalized spacial score (nSPS) is 62.4. The van der Waals surface area contributed by atoms with Crippen LogP contribution in [0.15, 0.2) is 0 Å². The fourth-order valence-electron chi connectivity index (χ4n) is 10.7. The average molecular weight is 454 g/mol. The van der Waals surface area contributed by atoms with E-state index in [9.17, 15) is 20.4 Å². The lowest BCUT2D eigenvalue weighted by atomic mass is 9.42. The fraction of sp³-hybridized carbons (Fsp3) is 1.00. The number of ether oxygens (including phenoxy) is 3. The summed E-state index contributed by atoms with van der Waals surface area (Å²) in [6.45, 7) is 4.05. The molecule has 5 aliphatic carbocycles. The van der Waals surface area contributed by atoms with Gasteiger partial charge < -0.3 is 34.6 Å². The van der Waals surface area contributed by atoms with Gasteiger partial charge in [0.25, 0.3) is 0 Å². The summed E-state index contributed by atoms with van der Waals surface area (Å²) in [6.07, 6.45) is -0.0296. The van der Waals surface area contributed by atoms with Gasteiger partial charge in [0.1, 0.15) is 11.2 Å². The van der Waals surface area contributed by atoms with E-state index in [1.54, 1.807) is 21.3 Å². The Hall–Kier alpha value is -0.320. The third-order valence-electron chi connectivity index (χ3n) is 11.2. The summed E-state index contributed by atoms with van der Waals surface area (Å²) in [4.78, 5) is 2.28. The van der Waals surface area contributed by atoms with E-state index in [-0.39, 0.29) is 35.7 Å². The van der Waals surface area contributed by atoms with E-state index in [4.69, 9.17) is 14.2 Å². The van der Waals surface area contributed by atoms with Gasteiger partial charge in [-0.3, -0.25) is 4.90 Å². The molecule has 0 aromatic rings. The lowest BCUT2D eigenvalue weighted by Gasteiger charge is -2.69. The van der Waals surface area contributed by atoms with Crippen LogP contribution >= 0.6 is 0 Å². The lowest BCUT2D eigenvalue weighted by Crippen LogP contribution is -2.81. The molecule has 6 rings (SSSR count). The molecule has 4 N–H and O–H groups in total. The summed E-state index contributed by atoms with van der Waals surface area (Å²) in [5, 5.41) is 48.5. The average Bonchev–Trinajstić information content (AvgIpc) is 3.14. The molecule has 6 fully saturated rings. The number of rotatable bonds is 5. The molecule has 0 aromatic heterocycles. The van der Waals surface area contributed by atoms with Crippen LogP contribution in [0.25, 0.3) is 0 Å². The summed E-state index contributed by atoms with van der Waals surface area (Å²) < 4.78 is 17.7. The Morgan fingerprint density at radius 3 is 2.47 bits per heavy atom. The predicted octanol–water partition coefficient (Wildman–Crippen LogP) is -0.383. The minimum atomic E-state index is -1.63. The molecule has 1 unspecified atom stereocenters. The SMILES string of the molecule is CCN1C[C@]2(COC)CC[C@H](O)[C@@]34[C@@H]5CC6[C@@H](OC)C[C@@](O)([C@H]5[C@H]6O)[C@@](O)([C@@H](OC)[C@H]23)[C@@H]14. The number of piperidine rings is 1. The zero-order chi connectivity index (χ0) is 22.8. The highest BCUT2D eigenvalue weighted by atomic mass is 16.5. The van der Waals surface area contributed by atoms with E-state index in [0.717, 1.165) is 13.0 Å². The summed E-state index contributed by atoms with van der Waals surface area (Å²) in [5.74, 6) is -0.889. The number of methoxy groups -OCH3 is 3. The van der Waals surface area contributed by atoms with E-state index >= 15 is 0 Å². The summed E-state index contributed by atoms with van der Waals surface area (Å²) >= 11 is 0. The molecule has 1 saturated heterocycles. The van der Waals surface area contributed by atoms with Gasteiger partial charge >= 0.3 is 0 Å². The van der Waals surface area contributed by atoms with Crippen molar-refractivity contribution in [1.29, 1.82) is 0 Å². The van der Waals surface area contributed by atoms with Crippen molar-refractivity contribution in [3.8, 4) is 0 Å². The van der Waals surface area contributed by atoms with Crippen molar-refractivity contribution in [2.24, 2.45) is 34.5 Å². The number of hydrogen-bond acceptors (Lipinski definition) is 8. The van der Waals surface area contributed by atoms with Crippen LogP contribution in [-0.2, 0) is 14.2 Å².